The number of nitrogens with two attached hydrogens (primary N) is 1. The molecule has 0 aliphatic heterocycles. The fourth-order valence-corrected chi connectivity index (χ4v) is 0.478. The minimum atomic E-state index is -0.899. The maximum Gasteiger partial charge on any atom is 0.159 e. The number of hydrogen-bond acceptors (Lipinski definition) is 4. The summed E-state index contributed by atoms with van der Waals surface area (Å²) in [5.41, 5.74) is 5.11. The molecule has 58 valence electrons. The van der Waals surface area contributed by atoms with Crippen LogP contribution in [0.25, 0.3) is 0 Å². The van der Waals surface area contributed by atoms with Crippen molar-refractivity contribution >= 4 is 11.6 Å². The lowest BCUT2D eigenvalue weighted by molar-refractivity contribution is -0.127. The monoisotopic (exact) mass is 145 g/mol. The van der Waals surface area contributed by atoms with E-state index in [0.29, 0.717) is 0 Å². The first kappa shape index (κ1) is 9.26. The SMILES string of the molecule is CC(=O)CC(=O)C(N)CO. The Hall–Kier alpha value is -0.740. The third-order valence-electron chi connectivity index (χ3n) is 1.03. The van der Waals surface area contributed by atoms with Gasteiger partial charge < -0.3 is 10.8 Å². The van der Waals surface area contributed by atoms with Crippen molar-refractivity contribution in [2.75, 3.05) is 6.61 Å². The maximum atomic E-state index is 10.7. The van der Waals surface area contributed by atoms with Gasteiger partial charge in [0.05, 0.1) is 19.1 Å². The number of carbonyl (C=O) groups excluding carboxylic acids is 2. The van der Waals surface area contributed by atoms with Gasteiger partial charge in [0.1, 0.15) is 5.78 Å². The Morgan fingerprint density at radius 3 is 2.40 bits per heavy atom. The van der Waals surface area contributed by atoms with E-state index < -0.39 is 18.4 Å². The highest BCUT2D eigenvalue weighted by atomic mass is 16.3. The topological polar surface area (TPSA) is 80.4 Å². The summed E-state index contributed by atoms with van der Waals surface area (Å²) in [5.74, 6) is -0.635. The first-order valence-electron chi connectivity index (χ1n) is 2.96. The molecule has 0 aliphatic rings. The second kappa shape index (κ2) is 4.14. The third kappa shape index (κ3) is 3.32. The highest BCUT2D eigenvalue weighted by Gasteiger charge is 2.13. The van der Waals surface area contributed by atoms with Crippen LogP contribution in [0, 0.1) is 0 Å². The summed E-state index contributed by atoms with van der Waals surface area (Å²) in [7, 11) is 0. The van der Waals surface area contributed by atoms with E-state index in [-0.39, 0.29) is 12.2 Å². The van der Waals surface area contributed by atoms with Crippen LogP contribution in [0.2, 0.25) is 0 Å². The second-order valence-corrected chi connectivity index (χ2v) is 2.13. The minimum absolute atomic E-state index is 0.179. The maximum absolute atomic E-state index is 10.7. The number of rotatable bonds is 4. The average molecular weight is 145 g/mol. The zero-order valence-corrected chi connectivity index (χ0v) is 5.83. The quantitative estimate of drug-likeness (QED) is 0.490. The van der Waals surface area contributed by atoms with Gasteiger partial charge in [-0.15, -0.1) is 0 Å². The second-order valence-electron chi connectivity index (χ2n) is 2.13. The Bertz CT molecular complexity index is 144. The van der Waals surface area contributed by atoms with Gasteiger partial charge in [-0.3, -0.25) is 9.59 Å². The summed E-state index contributed by atoms with van der Waals surface area (Å²) < 4.78 is 0. The smallest absolute Gasteiger partial charge is 0.159 e. The van der Waals surface area contributed by atoms with Crippen LogP contribution in [0.15, 0.2) is 0 Å². The largest absolute Gasteiger partial charge is 0.394 e. The van der Waals surface area contributed by atoms with Gasteiger partial charge in [0, 0.05) is 0 Å². The molecule has 0 rings (SSSR count). The number of ketones is 2. The lowest BCUT2D eigenvalue weighted by atomic mass is 10.1. The molecule has 1 atom stereocenters. The number of carbonyl (C=O) groups is 2. The molecule has 0 spiro atoms. The van der Waals surface area contributed by atoms with E-state index in [1.54, 1.807) is 0 Å². The molecule has 0 fully saturated rings. The lowest BCUT2D eigenvalue weighted by Gasteiger charge is -2.03. The third-order valence-corrected chi connectivity index (χ3v) is 1.03. The van der Waals surface area contributed by atoms with Crippen molar-refractivity contribution in [1.29, 1.82) is 0 Å². The molecule has 4 heteroatoms. The van der Waals surface area contributed by atoms with Crippen molar-refractivity contribution in [3.8, 4) is 0 Å². The van der Waals surface area contributed by atoms with Gasteiger partial charge in [-0.25, -0.2) is 0 Å². The summed E-state index contributed by atoms with van der Waals surface area (Å²) >= 11 is 0. The Balaban J connectivity index is 3.73. The summed E-state index contributed by atoms with van der Waals surface area (Å²) in [4.78, 5) is 21.0. The molecule has 0 radical (unpaired) electrons. The van der Waals surface area contributed by atoms with Crippen LogP contribution in [0.4, 0.5) is 0 Å². The molecular weight excluding hydrogens is 134 g/mol. The van der Waals surface area contributed by atoms with Crippen molar-refractivity contribution < 1.29 is 14.7 Å². The van der Waals surface area contributed by atoms with Crippen molar-refractivity contribution in [3.05, 3.63) is 0 Å². The fourth-order valence-electron chi connectivity index (χ4n) is 0.478. The molecule has 0 aromatic rings. The number of aliphatic hydroxyl groups excluding tert-OH is 1. The Kier molecular flexibility index (Phi) is 3.83. The summed E-state index contributed by atoms with van der Waals surface area (Å²) in [6.45, 7) is 0.911. The molecule has 0 saturated carbocycles. The van der Waals surface area contributed by atoms with E-state index in [0.717, 1.165) is 0 Å². The van der Waals surface area contributed by atoms with Crippen LogP contribution in [0.5, 0.6) is 0 Å². The van der Waals surface area contributed by atoms with E-state index in [1.165, 1.54) is 6.92 Å². The van der Waals surface area contributed by atoms with Gasteiger partial charge >= 0.3 is 0 Å². The van der Waals surface area contributed by atoms with E-state index in [4.69, 9.17) is 10.8 Å². The van der Waals surface area contributed by atoms with Crippen LogP contribution >= 0.6 is 0 Å². The normalized spacial score (nSPS) is 12.7. The van der Waals surface area contributed by atoms with Gasteiger partial charge in [0.15, 0.2) is 5.78 Å². The molecule has 0 heterocycles. The zero-order chi connectivity index (χ0) is 8.15. The fraction of sp³-hybridized carbons (Fsp3) is 0.667. The summed E-state index contributed by atoms with van der Waals surface area (Å²) in [6, 6.07) is -0.899. The van der Waals surface area contributed by atoms with Gasteiger partial charge in [0.2, 0.25) is 0 Å². The highest BCUT2D eigenvalue weighted by molar-refractivity contribution is 6.00. The molecular formula is C6H11NO3. The van der Waals surface area contributed by atoms with E-state index >= 15 is 0 Å². The Morgan fingerprint density at radius 1 is 1.60 bits per heavy atom. The molecule has 0 saturated heterocycles. The van der Waals surface area contributed by atoms with E-state index in [1.807, 2.05) is 0 Å². The van der Waals surface area contributed by atoms with E-state index in [2.05, 4.69) is 0 Å². The molecule has 0 aromatic carbocycles. The number of Topliss-reactive ketones (excluding diaryl/α,β-unsaturated/α-hetero) is 2. The minimum Gasteiger partial charge on any atom is -0.394 e. The van der Waals surface area contributed by atoms with E-state index in [9.17, 15) is 9.59 Å². The first-order valence-corrected chi connectivity index (χ1v) is 2.96. The van der Waals surface area contributed by atoms with Crippen molar-refractivity contribution in [3.63, 3.8) is 0 Å². The first-order chi connectivity index (χ1) is 4.57. The predicted molar refractivity (Wildman–Crippen MR) is 35.4 cm³/mol. The highest BCUT2D eigenvalue weighted by Crippen LogP contribution is 1.88. The van der Waals surface area contributed by atoms with Gasteiger partial charge in [-0.1, -0.05) is 0 Å². The van der Waals surface area contributed by atoms with Crippen LogP contribution in [-0.2, 0) is 9.59 Å². The number of aliphatic hydroxyl groups is 1. The standard InChI is InChI=1S/C6H11NO3/c1-4(9)2-6(10)5(7)3-8/h5,8H,2-3,7H2,1H3. The van der Waals surface area contributed by atoms with Crippen LogP contribution in [-0.4, -0.2) is 29.3 Å². The van der Waals surface area contributed by atoms with Gasteiger partial charge in [-0.05, 0) is 6.92 Å². The van der Waals surface area contributed by atoms with Crippen molar-refractivity contribution in [2.24, 2.45) is 5.73 Å². The number of hydrogen-bond donors (Lipinski definition) is 2. The molecule has 0 bridgehead atoms. The molecule has 10 heavy (non-hydrogen) atoms. The molecule has 1 unspecified atom stereocenters. The lowest BCUT2D eigenvalue weighted by Crippen LogP contribution is -2.34. The van der Waals surface area contributed by atoms with Crippen molar-refractivity contribution in [2.45, 2.75) is 19.4 Å². The molecule has 0 aliphatic carbocycles. The van der Waals surface area contributed by atoms with Crippen molar-refractivity contribution in [1.82, 2.24) is 0 Å². The van der Waals surface area contributed by atoms with Crippen LogP contribution in [0.1, 0.15) is 13.3 Å². The summed E-state index contributed by atoms with van der Waals surface area (Å²) in [5, 5.41) is 8.36. The average Bonchev–Trinajstić information content (AvgIpc) is 1.85. The molecule has 3 N–H and O–H groups in total. The zero-order valence-electron chi connectivity index (χ0n) is 5.83. The summed E-state index contributed by atoms with van der Waals surface area (Å²) in [6.07, 6.45) is -0.179. The van der Waals surface area contributed by atoms with Gasteiger partial charge in [0.25, 0.3) is 0 Å². The van der Waals surface area contributed by atoms with Crippen LogP contribution in [0.3, 0.4) is 0 Å². The molecule has 0 aromatic heterocycles. The van der Waals surface area contributed by atoms with Gasteiger partial charge in [-0.2, -0.15) is 0 Å². The predicted octanol–water partition coefficient (Wildman–Crippen LogP) is -1.15. The molecule has 4 nitrogen and oxygen atoms in total. The molecule has 0 amide bonds. The Morgan fingerprint density at radius 2 is 2.10 bits per heavy atom. The van der Waals surface area contributed by atoms with Crippen LogP contribution < -0.4 is 5.73 Å². The Labute approximate surface area is 59.0 Å².